The van der Waals surface area contributed by atoms with Gasteiger partial charge in [0, 0.05) is 12.7 Å². The van der Waals surface area contributed by atoms with Crippen LogP contribution in [0.25, 0.3) is 0 Å². The molecule has 1 spiro atoms. The van der Waals surface area contributed by atoms with E-state index in [0.717, 1.165) is 19.1 Å². The Morgan fingerprint density at radius 1 is 1.52 bits per heavy atom. The molecule has 0 bridgehead atoms. The molecule has 8 nitrogen and oxygen atoms in total. The summed E-state index contributed by atoms with van der Waals surface area (Å²) in [5, 5.41) is 0. The van der Waals surface area contributed by atoms with Crippen molar-refractivity contribution in [3.63, 3.8) is 0 Å². The molecule has 1 amide bonds. The fourth-order valence-corrected chi connectivity index (χ4v) is 3.81. The molecule has 0 aliphatic carbocycles. The van der Waals surface area contributed by atoms with E-state index in [2.05, 4.69) is 9.71 Å². The average Bonchev–Trinajstić information content (AvgIpc) is 2.57. The molecule has 9 heteroatoms. The highest BCUT2D eigenvalue weighted by Gasteiger charge is 2.48. The SMILES string of the molecule is COc1ncccc1C(=O)N1CC2(CC[C@H](CNS(C)(=O)=O)CO2)C1. The fourth-order valence-electron chi connectivity index (χ4n) is 3.28. The van der Waals surface area contributed by atoms with Crippen LogP contribution in [-0.2, 0) is 14.8 Å². The van der Waals surface area contributed by atoms with E-state index in [-0.39, 0.29) is 17.4 Å². The Balaban J connectivity index is 1.52. The van der Waals surface area contributed by atoms with Crippen LogP contribution in [0.15, 0.2) is 18.3 Å². The number of carbonyl (C=O) groups is 1. The standard InChI is InChI=1S/C16H23N3O5S/c1-23-14-13(4-3-7-17-14)15(20)19-10-16(11-19)6-5-12(9-24-16)8-18-25(2,21)22/h3-4,7,12,18H,5-6,8-11H2,1-2H3/t12-/m1/s1. The van der Waals surface area contributed by atoms with Crippen molar-refractivity contribution in [3.8, 4) is 5.88 Å². The average molecular weight is 369 g/mol. The smallest absolute Gasteiger partial charge is 0.259 e. The van der Waals surface area contributed by atoms with Gasteiger partial charge in [-0.15, -0.1) is 0 Å². The molecule has 25 heavy (non-hydrogen) atoms. The van der Waals surface area contributed by atoms with Gasteiger partial charge >= 0.3 is 0 Å². The van der Waals surface area contributed by atoms with Gasteiger partial charge in [0.15, 0.2) is 0 Å². The Morgan fingerprint density at radius 3 is 2.88 bits per heavy atom. The maximum absolute atomic E-state index is 12.6. The number of likely N-dealkylation sites (tertiary alicyclic amines) is 1. The van der Waals surface area contributed by atoms with Crippen LogP contribution in [0.1, 0.15) is 23.2 Å². The Labute approximate surface area is 147 Å². The number of methoxy groups -OCH3 is 1. The molecule has 2 aliphatic heterocycles. The van der Waals surface area contributed by atoms with Crippen molar-refractivity contribution < 1.29 is 22.7 Å². The van der Waals surface area contributed by atoms with Gasteiger partial charge in [0.2, 0.25) is 15.9 Å². The molecule has 2 aliphatic rings. The molecule has 1 atom stereocenters. The topological polar surface area (TPSA) is 97.8 Å². The highest BCUT2D eigenvalue weighted by atomic mass is 32.2. The molecular weight excluding hydrogens is 346 g/mol. The third-order valence-electron chi connectivity index (χ3n) is 4.71. The summed E-state index contributed by atoms with van der Waals surface area (Å²) in [5.41, 5.74) is 0.151. The van der Waals surface area contributed by atoms with Gasteiger partial charge in [0.25, 0.3) is 5.91 Å². The number of sulfonamides is 1. The zero-order valence-electron chi connectivity index (χ0n) is 14.4. The summed E-state index contributed by atoms with van der Waals surface area (Å²) in [6.07, 6.45) is 4.43. The molecule has 1 aromatic heterocycles. The van der Waals surface area contributed by atoms with Gasteiger partial charge in [-0.3, -0.25) is 4.79 Å². The van der Waals surface area contributed by atoms with E-state index in [1.165, 1.54) is 7.11 Å². The van der Waals surface area contributed by atoms with Crippen LogP contribution in [0.4, 0.5) is 0 Å². The van der Waals surface area contributed by atoms with Gasteiger partial charge in [0.1, 0.15) is 11.2 Å². The van der Waals surface area contributed by atoms with Gasteiger partial charge < -0.3 is 14.4 Å². The second-order valence-electron chi connectivity index (χ2n) is 6.74. The molecule has 3 heterocycles. The first-order chi connectivity index (χ1) is 11.8. The lowest BCUT2D eigenvalue weighted by Gasteiger charge is -2.52. The van der Waals surface area contributed by atoms with Crippen molar-refractivity contribution in [1.82, 2.24) is 14.6 Å². The maximum Gasteiger partial charge on any atom is 0.259 e. The number of hydrogen-bond acceptors (Lipinski definition) is 6. The number of amides is 1. The van der Waals surface area contributed by atoms with Crippen LogP contribution in [0.5, 0.6) is 5.88 Å². The molecule has 1 N–H and O–H groups in total. The van der Waals surface area contributed by atoms with Gasteiger partial charge in [-0.05, 0) is 30.9 Å². The van der Waals surface area contributed by atoms with Gasteiger partial charge in [-0.25, -0.2) is 18.1 Å². The van der Waals surface area contributed by atoms with Crippen LogP contribution < -0.4 is 9.46 Å². The Morgan fingerprint density at radius 2 is 2.28 bits per heavy atom. The summed E-state index contributed by atoms with van der Waals surface area (Å²) in [4.78, 5) is 18.4. The highest BCUT2D eigenvalue weighted by Crippen LogP contribution is 2.37. The number of ether oxygens (including phenoxy) is 2. The fraction of sp³-hybridized carbons (Fsp3) is 0.625. The number of hydrogen-bond donors (Lipinski definition) is 1. The van der Waals surface area contributed by atoms with Gasteiger partial charge in [-0.1, -0.05) is 0 Å². The molecular formula is C16H23N3O5S. The molecule has 138 valence electrons. The van der Waals surface area contributed by atoms with Crippen LogP contribution in [0.3, 0.4) is 0 Å². The highest BCUT2D eigenvalue weighted by molar-refractivity contribution is 7.88. The lowest BCUT2D eigenvalue weighted by atomic mass is 9.82. The summed E-state index contributed by atoms with van der Waals surface area (Å²) in [5.74, 6) is 0.383. The molecule has 0 radical (unpaired) electrons. The van der Waals surface area contributed by atoms with Crippen LogP contribution in [0, 0.1) is 5.92 Å². The van der Waals surface area contributed by atoms with Crippen molar-refractivity contribution in [1.29, 1.82) is 0 Å². The molecule has 2 saturated heterocycles. The van der Waals surface area contributed by atoms with E-state index in [0.29, 0.717) is 37.7 Å². The molecule has 0 aromatic carbocycles. The minimum absolute atomic E-state index is 0.111. The van der Waals surface area contributed by atoms with Crippen molar-refractivity contribution >= 4 is 15.9 Å². The van der Waals surface area contributed by atoms with Crippen LogP contribution >= 0.6 is 0 Å². The molecule has 0 unspecified atom stereocenters. The Bertz CT molecular complexity index is 736. The van der Waals surface area contributed by atoms with Gasteiger partial charge in [0.05, 0.1) is 33.1 Å². The van der Waals surface area contributed by atoms with Gasteiger partial charge in [-0.2, -0.15) is 0 Å². The summed E-state index contributed by atoms with van der Waals surface area (Å²) in [6.45, 7) is 1.97. The summed E-state index contributed by atoms with van der Waals surface area (Å²) < 4.78 is 36.0. The van der Waals surface area contributed by atoms with E-state index < -0.39 is 10.0 Å². The Kier molecular flexibility index (Phi) is 4.99. The number of carbonyl (C=O) groups excluding carboxylic acids is 1. The third-order valence-corrected chi connectivity index (χ3v) is 5.40. The summed E-state index contributed by atoms with van der Waals surface area (Å²) in [7, 11) is -1.69. The number of pyridine rings is 1. The zero-order valence-corrected chi connectivity index (χ0v) is 15.2. The largest absolute Gasteiger partial charge is 0.480 e. The van der Waals surface area contributed by atoms with E-state index >= 15 is 0 Å². The number of nitrogens with one attached hydrogen (secondary N) is 1. The van der Waals surface area contributed by atoms with Crippen molar-refractivity contribution in [2.75, 3.05) is 39.6 Å². The monoisotopic (exact) mass is 369 g/mol. The van der Waals surface area contributed by atoms with Crippen molar-refractivity contribution in [2.24, 2.45) is 5.92 Å². The first kappa shape index (κ1) is 18.1. The second kappa shape index (κ2) is 6.89. The number of aromatic nitrogens is 1. The second-order valence-corrected chi connectivity index (χ2v) is 8.57. The van der Waals surface area contributed by atoms with E-state index in [4.69, 9.17) is 9.47 Å². The summed E-state index contributed by atoms with van der Waals surface area (Å²) >= 11 is 0. The lowest BCUT2D eigenvalue weighted by molar-refractivity contribution is -0.166. The van der Waals surface area contributed by atoms with Crippen LogP contribution in [-0.4, -0.2) is 69.4 Å². The molecule has 3 rings (SSSR count). The third kappa shape index (κ3) is 4.10. The predicted octanol–water partition coefficient (Wildman–Crippen LogP) is 0.261. The van der Waals surface area contributed by atoms with Crippen molar-refractivity contribution in [3.05, 3.63) is 23.9 Å². The van der Waals surface area contributed by atoms with Crippen LogP contribution in [0.2, 0.25) is 0 Å². The van der Waals surface area contributed by atoms with E-state index in [9.17, 15) is 13.2 Å². The first-order valence-electron chi connectivity index (χ1n) is 8.19. The van der Waals surface area contributed by atoms with Crippen molar-refractivity contribution in [2.45, 2.75) is 18.4 Å². The molecule has 2 fully saturated rings. The number of nitrogens with zero attached hydrogens (tertiary/aromatic N) is 2. The normalized spacial score (nSPS) is 22.5. The zero-order chi connectivity index (χ0) is 18.1. The quantitative estimate of drug-likeness (QED) is 0.800. The lowest BCUT2D eigenvalue weighted by Crippen LogP contribution is -2.66. The van der Waals surface area contributed by atoms with E-state index in [1.807, 2.05) is 0 Å². The predicted molar refractivity (Wildman–Crippen MR) is 90.9 cm³/mol. The minimum atomic E-state index is -3.18. The number of rotatable bonds is 5. The van der Waals surface area contributed by atoms with E-state index in [1.54, 1.807) is 23.2 Å². The maximum atomic E-state index is 12.6. The Hall–Kier alpha value is -1.71. The first-order valence-corrected chi connectivity index (χ1v) is 10.1. The molecule has 0 saturated carbocycles. The minimum Gasteiger partial charge on any atom is -0.480 e. The molecule has 1 aromatic rings. The summed E-state index contributed by atoms with van der Waals surface area (Å²) in [6, 6.07) is 3.41.